The van der Waals surface area contributed by atoms with Crippen molar-refractivity contribution in [3.63, 3.8) is 0 Å². The third-order valence-corrected chi connectivity index (χ3v) is 6.69. The molecule has 0 amide bonds. The molecule has 0 saturated heterocycles. The van der Waals surface area contributed by atoms with Gasteiger partial charge in [-0.15, -0.1) is 0 Å². The van der Waals surface area contributed by atoms with Crippen LogP contribution in [0.15, 0.2) is 0 Å². The smallest absolute Gasteiger partial charge is 0.306 e. The Morgan fingerprint density at radius 3 is 2.12 bits per heavy atom. The quantitative estimate of drug-likeness (QED) is 0.546. The Bertz CT molecular complexity index is 397. The number of carbonyl (C=O) groups is 1. The van der Waals surface area contributed by atoms with Crippen molar-refractivity contribution in [2.24, 2.45) is 17.8 Å². The molecule has 2 aliphatic carbocycles. The summed E-state index contributed by atoms with van der Waals surface area (Å²) in [7, 11) is 4.29. The van der Waals surface area contributed by atoms with Crippen LogP contribution >= 0.6 is 0 Å². The highest BCUT2D eigenvalue weighted by Gasteiger charge is 2.48. The summed E-state index contributed by atoms with van der Waals surface area (Å²) in [6.45, 7) is 5.27. The topological polar surface area (TPSA) is 29.5 Å². The number of esters is 1. The lowest BCUT2D eigenvalue weighted by molar-refractivity contribution is -0.182. The van der Waals surface area contributed by atoms with E-state index in [1.165, 1.54) is 64.2 Å². The first-order valence-electron chi connectivity index (χ1n) is 10.8. The van der Waals surface area contributed by atoms with Crippen molar-refractivity contribution in [1.29, 1.82) is 0 Å². The van der Waals surface area contributed by atoms with Gasteiger partial charge >= 0.3 is 5.97 Å². The molecule has 0 aromatic heterocycles. The first kappa shape index (κ1) is 20.7. The first-order chi connectivity index (χ1) is 12.0. The zero-order valence-corrected chi connectivity index (χ0v) is 17.2. The van der Waals surface area contributed by atoms with Crippen LogP contribution in [0.25, 0.3) is 0 Å². The Labute approximate surface area is 155 Å². The molecule has 2 saturated carbocycles. The molecule has 0 radical (unpaired) electrons. The third-order valence-electron chi connectivity index (χ3n) is 6.69. The van der Waals surface area contributed by atoms with Crippen molar-refractivity contribution in [2.45, 2.75) is 96.5 Å². The molecule has 0 N–H and O–H groups in total. The average molecular weight is 352 g/mol. The van der Waals surface area contributed by atoms with Gasteiger partial charge in [0.2, 0.25) is 0 Å². The normalized spacial score (nSPS) is 24.0. The molecule has 146 valence electrons. The molecule has 0 bridgehead atoms. The van der Waals surface area contributed by atoms with Gasteiger partial charge in [0.25, 0.3) is 0 Å². The second-order valence-electron chi connectivity index (χ2n) is 8.99. The van der Waals surface area contributed by atoms with E-state index in [0.717, 1.165) is 18.9 Å². The van der Waals surface area contributed by atoms with Crippen LogP contribution in [-0.2, 0) is 9.53 Å². The molecule has 0 aromatic carbocycles. The molecule has 25 heavy (non-hydrogen) atoms. The van der Waals surface area contributed by atoms with E-state index in [2.05, 4.69) is 25.9 Å². The van der Waals surface area contributed by atoms with Gasteiger partial charge in [-0.25, -0.2) is 0 Å². The summed E-state index contributed by atoms with van der Waals surface area (Å²) >= 11 is 0. The number of rotatable bonds is 8. The van der Waals surface area contributed by atoms with E-state index in [4.69, 9.17) is 4.74 Å². The molecule has 0 aliphatic heterocycles. The maximum absolute atomic E-state index is 12.5. The third kappa shape index (κ3) is 5.70. The van der Waals surface area contributed by atoms with E-state index in [1.807, 2.05) is 6.92 Å². The van der Waals surface area contributed by atoms with Crippen LogP contribution in [0.4, 0.5) is 0 Å². The molecular weight excluding hydrogens is 310 g/mol. The van der Waals surface area contributed by atoms with Gasteiger partial charge in [0.15, 0.2) is 0 Å². The molecule has 2 atom stereocenters. The van der Waals surface area contributed by atoms with Gasteiger partial charge in [-0.05, 0) is 45.2 Å². The van der Waals surface area contributed by atoms with Crippen molar-refractivity contribution in [3.05, 3.63) is 0 Å². The van der Waals surface area contributed by atoms with Crippen LogP contribution in [0.3, 0.4) is 0 Å². The zero-order chi connectivity index (χ0) is 18.3. The Kier molecular flexibility index (Phi) is 8.25. The molecular formula is C22H41NO2. The fraction of sp³-hybridized carbons (Fsp3) is 0.955. The summed E-state index contributed by atoms with van der Waals surface area (Å²) in [5, 5.41) is 0. The molecule has 0 spiro atoms. The summed E-state index contributed by atoms with van der Waals surface area (Å²) < 4.78 is 6.43. The summed E-state index contributed by atoms with van der Waals surface area (Å²) in [5.74, 6) is 1.69. The van der Waals surface area contributed by atoms with E-state index < -0.39 is 0 Å². The standard InChI is InChI=1S/C22H41NO2/c1-5-21(24)25-22(18(2)17-23(3)4,20-14-10-7-11-15-20)16-19-12-8-6-9-13-19/h18-20H,5-17H2,1-4H3. The fourth-order valence-electron chi connectivity index (χ4n) is 5.42. The maximum atomic E-state index is 12.5. The highest BCUT2D eigenvalue weighted by Crippen LogP contribution is 2.46. The van der Waals surface area contributed by atoms with Crippen LogP contribution < -0.4 is 0 Å². The van der Waals surface area contributed by atoms with E-state index >= 15 is 0 Å². The first-order valence-corrected chi connectivity index (χ1v) is 10.8. The van der Waals surface area contributed by atoms with Crippen molar-refractivity contribution >= 4 is 5.97 Å². The molecule has 2 aliphatic rings. The van der Waals surface area contributed by atoms with Crippen LogP contribution in [0.1, 0.15) is 90.9 Å². The minimum Gasteiger partial charge on any atom is -0.458 e. The molecule has 2 rings (SSSR count). The Hall–Kier alpha value is -0.570. The molecule has 3 heteroatoms. The van der Waals surface area contributed by atoms with Crippen LogP contribution in [0.2, 0.25) is 0 Å². The number of nitrogens with zero attached hydrogens (tertiary/aromatic N) is 1. The SMILES string of the molecule is CCC(=O)OC(CC1CCCCC1)(C(C)CN(C)C)C1CCCCC1. The summed E-state index contributed by atoms with van der Waals surface area (Å²) in [6, 6.07) is 0. The number of carbonyl (C=O) groups excluding carboxylic acids is 1. The maximum Gasteiger partial charge on any atom is 0.306 e. The number of hydrogen-bond donors (Lipinski definition) is 0. The Morgan fingerprint density at radius 1 is 1.04 bits per heavy atom. The second-order valence-corrected chi connectivity index (χ2v) is 8.99. The fourth-order valence-corrected chi connectivity index (χ4v) is 5.42. The minimum absolute atomic E-state index is 0.00647. The predicted octanol–water partition coefficient (Wildman–Crippen LogP) is 5.43. The van der Waals surface area contributed by atoms with Gasteiger partial charge in [-0.1, -0.05) is 65.2 Å². The highest BCUT2D eigenvalue weighted by atomic mass is 16.6. The van der Waals surface area contributed by atoms with E-state index in [9.17, 15) is 4.79 Å². The molecule has 0 heterocycles. The van der Waals surface area contributed by atoms with Crippen molar-refractivity contribution in [1.82, 2.24) is 4.90 Å². The molecule has 2 fully saturated rings. The van der Waals surface area contributed by atoms with Crippen molar-refractivity contribution < 1.29 is 9.53 Å². The van der Waals surface area contributed by atoms with Crippen molar-refractivity contribution in [3.8, 4) is 0 Å². The van der Waals surface area contributed by atoms with Gasteiger partial charge in [-0.3, -0.25) is 4.79 Å². The van der Waals surface area contributed by atoms with Crippen molar-refractivity contribution in [2.75, 3.05) is 20.6 Å². The van der Waals surface area contributed by atoms with Crippen LogP contribution in [-0.4, -0.2) is 37.1 Å². The van der Waals surface area contributed by atoms with E-state index in [-0.39, 0.29) is 11.6 Å². The van der Waals surface area contributed by atoms with Gasteiger partial charge < -0.3 is 9.64 Å². The average Bonchev–Trinajstić information content (AvgIpc) is 2.62. The second kappa shape index (κ2) is 9.94. The largest absolute Gasteiger partial charge is 0.458 e. The van der Waals surface area contributed by atoms with E-state index in [0.29, 0.717) is 18.3 Å². The lowest BCUT2D eigenvalue weighted by Gasteiger charge is -2.48. The molecule has 2 unspecified atom stereocenters. The van der Waals surface area contributed by atoms with Gasteiger partial charge in [0, 0.05) is 18.9 Å². The molecule has 3 nitrogen and oxygen atoms in total. The summed E-state index contributed by atoms with van der Waals surface area (Å²) in [6.07, 6.45) is 14.8. The van der Waals surface area contributed by atoms with E-state index in [1.54, 1.807) is 0 Å². The van der Waals surface area contributed by atoms with Gasteiger partial charge in [0.1, 0.15) is 5.60 Å². The lowest BCUT2D eigenvalue weighted by atomic mass is 9.65. The summed E-state index contributed by atoms with van der Waals surface area (Å²) in [4.78, 5) is 14.7. The summed E-state index contributed by atoms with van der Waals surface area (Å²) in [5.41, 5.74) is -0.250. The van der Waals surface area contributed by atoms with Gasteiger partial charge in [-0.2, -0.15) is 0 Å². The Morgan fingerprint density at radius 2 is 1.60 bits per heavy atom. The van der Waals surface area contributed by atoms with Crippen LogP contribution in [0.5, 0.6) is 0 Å². The minimum atomic E-state index is -0.250. The Balaban J connectivity index is 2.28. The van der Waals surface area contributed by atoms with Gasteiger partial charge in [0.05, 0.1) is 0 Å². The zero-order valence-electron chi connectivity index (χ0n) is 17.2. The highest BCUT2D eigenvalue weighted by molar-refractivity contribution is 5.69. The molecule has 0 aromatic rings. The van der Waals surface area contributed by atoms with Crippen LogP contribution in [0, 0.1) is 17.8 Å². The monoisotopic (exact) mass is 351 g/mol. The predicted molar refractivity (Wildman–Crippen MR) is 105 cm³/mol. The number of ether oxygens (including phenoxy) is 1. The lowest BCUT2D eigenvalue weighted by Crippen LogP contribution is -2.52. The number of hydrogen-bond acceptors (Lipinski definition) is 3.